The standard InChI is InChI=1S/C10H14ClN5O2/c1-18-3-2-6(4-17)14-9-7-8(13-5-12-7)15-10(11)16-9/h5-6,17H,2-4H2,1H3,(H2,12,13,14,15,16). The molecule has 0 aromatic carbocycles. The van der Waals surface area contributed by atoms with Gasteiger partial charge in [-0.05, 0) is 18.0 Å². The molecule has 8 heteroatoms. The minimum absolute atomic E-state index is 0.0272. The van der Waals surface area contributed by atoms with Gasteiger partial charge in [-0.15, -0.1) is 0 Å². The van der Waals surface area contributed by atoms with E-state index in [1.807, 2.05) is 0 Å². The maximum atomic E-state index is 9.29. The Morgan fingerprint density at radius 3 is 3.11 bits per heavy atom. The van der Waals surface area contributed by atoms with Gasteiger partial charge in [0, 0.05) is 13.7 Å². The first kappa shape index (κ1) is 13.0. The zero-order valence-electron chi connectivity index (χ0n) is 9.85. The van der Waals surface area contributed by atoms with Crippen molar-refractivity contribution in [2.45, 2.75) is 12.5 Å². The van der Waals surface area contributed by atoms with E-state index >= 15 is 0 Å². The summed E-state index contributed by atoms with van der Waals surface area (Å²) >= 11 is 5.81. The van der Waals surface area contributed by atoms with Gasteiger partial charge in [-0.2, -0.15) is 9.97 Å². The van der Waals surface area contributed by atoms with E-state index in [4.69, 9.17) is 16.3 Å². The van der Waals surface area contributed by atoms with Crippen molar-refractivity contribution >= 4 is 28.6 Å². The van der Waals surface area contributed by atoms with Gasteiger partial charge in [-0.1, -0.05) is 0 Å². The number of imidazole rings is 1. The molecule has 2 heterocycles. The van der Waals surface area contributed by atoms with Crippen LogP contribution in [0.25, 0.3) is 11.2 Å². The maximum Gasteiger partial charge on any atom is 0.226 e. The van der Waals surface area contributed by atoms with Crippen LogP contribution in [-0.4, -0.2) is 51.4 Å². The van der Waals surface area contributed by atoms with Crippen LogP contribution in [0.5, 0.6) is 0 Å². The topological polar surface area (TPSA) is 96.0 Å². The first-order chi connectivity index (χ1) is 8.74. The van der Waals surface area contributed by atoms with Crippen LogP contribution in [-0.2, 0) is 4.74 Å². The van der Waals surface area contributed by atoms with Gasteiger partial charge in [0.05, 0.1) is 19.0 Å². The number of aromatic amines is 1. The average molecular weight is 272 g/mol. The van der Waals surface area contributed by atoms with E-state index in [2.05, 4.69) is 25.3 Å². The molecule has 3 N–H and O–H groups in total. The Balaban J connectivity index is 2.21. The lowest BCUT2D eigenvalue weighted by Gasteiger charge is -2.16. The highest BCUT2D eigenvalue weighted by Crippen LogP contribution is 2.19. The number of aromatic nitrogens is 4. The van der Waals surface area contributed by atoms with E-state index in [9.17, 15) is 5.11 Å². The summed E-state index contributed by atoms with van der Waals surface area (Å²) in [6.07, 6.45) is 2.17. The molecule has 2 rings (SSSR count). The third-order valence-corrected chi connectivity index (χ3v) is 2.66. The fourth-order valence-electron chi connectivity index (χ4n) is 1.57. The van der Waals surface area contributed by atoms with E-state index in [1.165, 1.54) is 6.33 Å². The molecule has 0 radical (unpaired) electrons. The highest BCUT2D eigenvalue weighted by atomic mass is 35.5. The molecule has 0 amide bonds. The van der Waals surface area contributed by atoms with Crippen LogP contribution in [0.1, 0.15) is 6.42 Å². The van der Waals surface area contributed by atoms with E-state index in [1.54, 1.807) is 7.11 Å². The number of aliphatic hydroxyl groups is 1. The molecule has 0 saturated heterocycles. The number of methoxy groups -OCH3 is 1. The maximum absolute atomic E-state index is 9.29. The lowest BCUT2D eigenvalue weighted by atomic mass is 10.2. The first-order valence-electron chi connectivity index (χ1n) is 5.47. The number of hydrogen-bond acceptors (Lipinski definition) is 6. The number of rotatable bonds is 6. The van der Waals surface area contributed by atoms with Gasteiger partial charge in [0.1, 0.15) is 5.52 Å². The minimum atomic E-state index is -0.164. The van der Waals surface area contributed by atoms with Crippen LogP contribution in [0.4, 0.5) is 5.82 Å². The molecule has 1 unspecified atom stereocenters. The summed E-state index contributed by atoms with van der Waals surface area (Å²) in [5.41, 5.74) is 1.15. The highest BCUT2D eigenvalue weighted by molar-refractivity contribution is 6.28. The van der Waals surface area contributed by atoms with Gasteiger partial charge in [-0.3, -0.25) is 0 Å². The number of fused-ring (bicyclic) bond motifs is 1. The predicted molar refractivity (Wildman–Crippen MR) is 67.7 cm³/mol. The summed E-state index contributed by atoms with van der Waals surface area (Å²) in [7, 11) is 1.61. The molecule has 0 aliphatic rings. The Hall–Kier alpha value is -1.44. The van der Waals surface area contributed by atoms with E-state index in [-0.39, 0.29) is 17.9 Å². The van der Waals surface area contributed by atoms with Gasteiger partial charge in [0.15, 0.2) is 11.5 Å². The average Bonchev–Trinajstić information content (AvgIpc) is 2.82. The molecule has 0 spiro atoms. The molecule has 98 valence electrons. The zero-order valence-corrected chi connectivity index (χ0v) is 10.6. The Bertz CT molecular complexity index is 518. The van der Waals surface area contributed by atoms with Crippen LogP contribution >= 0.6 is 11.6 Å². The van der Waals surface area contributed by atoms with E-state index in [0.717, 1.165) is 0 Å². The van der Waals surface area contributed by atoms with Crippen LogP contribution in [0, 0.1) is 0 Å². The summed E-state index contributed by atoms with van der Waals surface area (Å²) in [5.74, 6) is 0.526. The Morgan fingerprint density at radius 1 is 1.56 bits per heavy atom. The summed E-state index contributed by atoms with van der Waals surface area (Å²) < 4.78 is 4.98. The van der Waals surface area contributed by atoms with Crippen molar-refractivity contribution < 1.29 is 9.84 Å². The number of nitrogens with one attached hydrogen (secondary N) is 2. The molecule has 7 nitrogen and oxygen atoms in total. The molecular formula is C10H14ClN5O2. The van der Waals surface area contributed by atoms with Crippen molar-refractivity contribution in [1.29, 1.82) is 0 Å². The number of aliphatic hydroxyl groups excluding tert-OH is 1. The number of nitrogens with zero attached hydrogens (tertiary/aromatic N) is 3. The fraction of sp³-hybridized carbons (Fsp3) is 0.500. The van der Waals surface area contributed by atoms with Crippen molar-refractivity contribution in [3.05, 3.63) is 11.6 Å². The normalized spacial score (nSPS) is 12.8. The second kappa shape index (κ2) is 5.94. The van der Waals surface area contributed by atoms with Gasteiger partial charge in [0.2, 0.25) is 5.28 Å². The predicted octanol–water partition coefficient (Wildman–Crippen LogP) is 0.816. The second-order valence-electron chi connectivity index (χ2n) is 3.75. The quantitative estimate of drug-likeness (QED) is 0.673. The van der Waals surface area contributed by atoms with E-state index in [0.29, 0.717) is 30.0 Å². The van der Waals surface area contributed by atoms with Gasteiger partial charge in [0.25, 0.3) is 0 Å². The van der Waals surface area contributed by atoms with Crippen LogP contribution in [0.3, 0.4) is 0 Å². The summed E-state index contributed by atoms with van der Waals surface area (Å²) in [4.78, 5) is 15.0. The van der Waals surface area contributed by atoms with Crippen molar-refractivity contribution in [2.75, 3.05) is 25.6 Å². The van der Waals surface area contributed by atoms with Crippen LogP contribution in [0.15, 0.2) is 6.33 Å². The summed E-state index contributed by atoms with van der Waals surface area (Å²) in [6.45, 7) is 0.518. The molecule has 1 atom stereocenters. The fourth-order valence-corrected chi connectivity index (χ4v) is 1.74. The molecule has 2 aromatic rings. The third kappa shape index (κ3) is 2.87. The number of halogens is 1. The molecule has 0 fully saturated rings. The Labute approximate surface area is 109 Å². The number of anilines is 1. The smallest absolute Gasteiger partial charge is 0.226 e. The molecule has 0 saturated carbocycles. The zero-order chi connectivity index (χ0) is 13.0. The molecule has 2 aromatic heterocycles. The van der Waals surface area contributed by atoms with Crippen molar-refractivity contribution in [1.82, 2.24) is 19.9 Å². The first-order valence-corrected chi connectivity index (χ1v) is 5.85. The van der Waals surface area contributed by atoms with Gasteiger partial charge < -0.3 is 20.1 Å². The number of ether oxygens (including phenoxy) is 1. The minimum Gasteiger partial charge on any atom is -0.394 e. The second-order valence-corrected chi connectivity index (χ2v) is 4.09. The lowest BCUT2D eigenvalue weighted by Crippen LogP contribution is -2.26. The van der Waals surface area contributed by atoms with Crippen LogP contribution < -0.4 is 5.32 Å². The van der Waals surface area contributed by atoms with Gasteiger partial charge >= 0.3 is 0 Å². The molecule has 0 aliphatic carbocycles. The summed E-state index contributed by atoms with van der Waals surface area (Å²) in [6, 6.07) is -0.164. The van der Waals surface area contributed by atoms with Gasteiger partial charge in [-0.25, -0.2) is 4.98 Å². The van der Waals surface area contributed by atoms with Crippen molar-refractivity contribution in [3.8, 4) is 0 Å². The number of hydrogen-bond donors (Lipinski definition) is 3. The molecule has 18 heavy (non-hydrogen) atoms. The van der Waals surface area contributed by atoms with Crippen molar-refractivity contribution in [3.63, 3.8) is 0 Å². The van der Waals surface area contributed by atoms with Crippen LogP contribution in [0.2, 0.25) is 5.28 Å². The van der Waals surface area contributed by atoms with E-state index < -0.39 is 0 Å². The molecular weight excluding hydrogens is 258 g/mol. The largest absolute Gasteiger partial charge is 0.394 e. The SMILES string of the molecule is COCCC(CO)Nc1nc(Cl)nc2nc[nH]c12. The monoisotopic (exact) mass is 271 g/mol. The molecule has 0 bridgehead atoms. The highest BCUT2D eigenvalue weighted by Gasteiger charge is 2.13. The molecule has 0 aliphatic heterocycles. The summed E-state index contributed by atoms with van der Waals surface area (Å²) in [5, 5.41) is 12.5. The Morgan fingerprint density at radius 2 is 2.39 bits per heavy atom. The lowest BCUT2D eigenvalue weighted by molar-refractivity contribution is 0.174. The van der Waals surface area contributed by atoms with Crippen molar-refractivity contribution in [2.24, 2.45) is 0 Å². The number of H-pyrrole nitrogens is 1. The Kier molecular flexibility index (Phi) is 4.29. The third-order valence-electron chi connectivity index (χ3n) is 2.49.